The molecule has 0 aliphatic carbocycles. The maximum atomic E-state index is 12.6. The summed E-state index contributed by atoms with van der Waals surface area (Å²) in [5.41, 5.74) is 0.875. The van der Waals surface area contributed by atoms with Gasteiger partial charge in [0.1, 0.15) is 0 Å². The van der Waals surface area contributed by atoms with Crippen molar-refractivity contribution in [2.24, 2.45) is 0 Å². The molecule has 0 fully saturated rings. The van der Waals surface area contributed by atoms with Crippen LogP contribution in [-0.2, 0) is 20.0 Å². The maximum Gasteiger partial charge on any atom is 0.243 e. The van der Waals surface area contributed by atoms with Crippen LogP contribution in [0.15, 0.2) is 58.3 Å². The highest BCUT2D eigenvalue weighted by atomic mass is 32.2. The van der Waals surface area contributed by atoms with Crippen LogP contribution in [0.4, 0.5) is 0 Å². The van der Waals surface area contributed by atoms with Gasteiger partial charge in [-0.2, -0.15) is 9.57 Å². The lowest BCUT2D eigenvalue weighted by atomic mass is 10.1. The Morgan fingerprint density at radius 3 is 2.14 bits per heavy atom. The molecule has 0 unspecified atom stereocenters. The van der Waals surface area contributed by atoms with Crippen LogP contribution >= 0.6 is 0 Å². The molecule has 0 aliphatic heterocycles. The minimum atomic E-state index is -3.83. The number of nitrogens with zero attached hydrogens (tertiary/aromatic N) is 2. The van der Waals surface area contributed by atoms with Gasteiger partial charge in [0, 0.05) is 19.1 Å². The monoisotopic (exact) mass is 421 g/mol. The van der Waals surface area contributed by atoms with Gasteiger partial charge in [0.15, 0.2) is 0 Å². The minimum Gasteiger partial charge on any atom is -0.207 e. The first-order valence-corrected chi connectivity index (χ1v) is 11.7. The van der Waals surface area contributed by atoms with E-state index < -0.39 is 26.1 Å². The van der Waals surface area contributed by atoms with E-state index in [0.717, 1.165) is 0 Å². The molecule has 0 aromatic heterocycles. The molecule has 28 heavy (non-hydrogen) atoms. The molecule has 0 spiro atoms. The second-order valence-corrected chi connectivity index (χ2v) is 9.79. The number of nitrogens with one attached hydrogen (secondary N) is 1. The lowest BCUT2D eigenvalue weighted by molar-refractivity contribution is 0.445. The van der Waals surface area contributed by atoms with Gasteiger partial charge in [0.05, 0.1) is 21.4 Å². The van der Waals surface area contributed by atoms with Gasteiger partial charge in [0.2, 0.25) is 20.0 Å². The zero-order valence-corrected chi connectivity index (χ0v) is 17.6. The highest BCUT2D eigenvalue weighted by Crippen LogP contribution is 2.21. The van der Waals surface area contributed by atoms with E-state index in [0.29, 0.717) is 18.7 Å². The highest BCUT2D eigenvalue weighted by molar-refractivity contribution is 7.89. The Bertz CT molecular complexity index is 1070. The van der Waals surface area contributed by atoms with Crippen molar-refractivity contribution < 1.29 is 16.8 Å². The molecule has 2 rings (SSSR count). The molecule has 150 valence electrons. The molecule has 1 N–H and O–H groups in total. The summed E-state index contributed by atoms with van der Waals surface area (Å²) in [6.45, 7) is 5.96. The quantitative estimate of drug-likeness (QED) is 0.705. The van der Waals surface area contributed by atoms with E-state index >= 15 is 0 Å². The molecule has 1 atom stereocenters. The number of hydrogen-bond acceptors (Lipinski definition) is 5. The maximum absolute atomic E-state index is 12.6. The zero-order valence-electron chi connectivity index (χ0n) is 16.0. The van der Waals surface area contributed by atoms with E-state index in [2.05, 4.69) is 4.72 Å². The van der Waals surface area contributed by atoms with Crippen molar-refractivity contribution in [1.82, 2.24) is 9.03 Å². The summed E-state index contributed by atoms with van der Waals surface area (Å²) in [5.74, 6) is 0. The van der Waals surface area contributed by atoms with E-state index in [4.69, 9.17) is 5.26 Å². The normalized spacial score (nSPS) is 13.2. The minimum absolute atomic E-state index is 0.000804. The van der Waals surface area contributed by atoms with Crippen molar-refractivity contribution in [3.05, 3.63) is 59.7 Å². The number of rotatable bonds is 8. The smallest absolute Gasteiger partial charge is 0.207 e. The third kappa shape index (κ3) is 4.77. The van der Waals surface area contributed by atoms with Crippen LogP contribution in [0.2, 0.25) is 0 Å². The van der Waals surface area contributed by atoms with Crippen molar-refractivity contribution in [1.29, 1.82) is 5.26 Å². The number of sulfonamides is 2. The molecule has 0 amide bonds. The van der Waals surface area contributed by atoms with Crippen LogP contribution < -0.4 is 4.72 Å². The predicted molar refractivity (Wildman–Crippen MR) is 106 cm³/mol. The van der Waals surface area contributed by atoms with Crippen molar-refractivity contribution >= 4 is 20.0 Å². The fourth-order valence-electron chi connectivity index (χ4n) is 2.74. The second-order valence-electron chi connectivity index (χ2n) is 6.14. The summed E-state index contributed by atoms with van der Waals surface area (Å²) in [6.07, 6.45) is 0. The van der Waals surface area contributed by atoms with Crippen molar-refractivity contribution in [3.63, 3.8) is 0 Å². The van der Waals surface area contributed by atoms with Crippen LogP contribution in [0.25, 0.3) is 0 Å². The Kier molecular flexibility index (Phi) is 6.96. The lowest BCUT2D eigenvalue weighted by Gasteiger charge is -2.19. The molecule has 0 radical (unpaired) electrons. The van der Waals surface area contributed by atoms with Gasteiger partial charge in [-0.1, -0.05) is 32.0 Å². The summed E-state index contributed by atoms with van der Waals surface area (Å²) in [5, 5.41) is 8.94. The molecule has 0 saturated carbocycles. The van der Waals surface area contributed by atoms with Crippen LogP contribution in [0.5, 0.6) is 0 Å². The van der Waals surface area contributed by atoms with E-state index in [-0.39, 0.29) is 15.4 Å². The van der Waals surface area contributed by atoms with Crippen molar-refractivity contribution in [2.75, 3.05) is 13.1 Å². The van der Waals surface area contributed by atoms with E-state index in [9.17, 15) is 16.8 Å². The average molecular weight is 422 g/mol. The van der Waals surface area contributed by atoms with Gasteiger partial charge >= 0.3 is 0 Å². The molecule has 0 bridgehead atoms. The molecule has 2 aromatic rings. The van der Waals surface area contributed by atoms with E-state index in [1.165, 1.54) is 40.7 Å². The highest BCUT2D eigenvalue weighted by Gasteiger charge is 2.23. The Hall–Kier alpha value is -2.25. The topological polar surface area (TPSA) is 107 Å². The molecule has 0 saturated heterocycles. The third-order valence-corrected chi connectivity index (χ3v) is 7.93. The van der Waals surface area contributed by atoms with Gasteiger partial charge in [-0.25, -0.2) is 21.6 Å². The van der Waals surface area contributed by atoms with Crippen molar-refractivity contribution in [3.8, 4) is 6.07 Å². The summed E-state index contributed by atoms with van der Waals surface area (Å²) < 4.78 is 54.1. The van der Waals surface area contributed by atoms with Gasteiger partial charge < -0.3 is 0 Å². The standard InChI is InChI=1S/C19H23N3O4S2/c1-4-22(5-2)28(25,26)18-11-9-17(10-12-18)15(3)21-27(23,24)19-8-6-7-16(13-19)14-20/h6-13,15,21H,4-5H2,1-3H3/t15-/m1/s1. The van der Waals surface area contributed by atoms with Crippen molar-refractivity contribution in [2.45, 2.75) is 36.6 Å². The summed E-state index contributed by atoms with van der Waals surface area (Å²) in [6, 6.07) is 13.2. The molecular weight excluding hydrogens is 398 g/mol. The first kappa shape index (κ1) is 22.0. The summed E-state index contributed by atoms with van der Waals surface area (Å²) in [4.78, 5) is 0.163. The first-order valence-electron chi connectivity index (χ1n) is 8.78. The number of nitriles is 1. The molecule has 0 aliphatic rings. The Balaban J connectivity index is 2.23. The summed E-state index contributed by atoms with van der Waals surface area (Å²) >= 11 is 0. The fourth-order valence-corrected chi connectivity index (χ4v) is 5.48. The Morgan fingerprint density at radius 2 is 1.61 bits per heavy atom. The van der Waals surface area contributed by atoms with Gasteiger partial charge in [-0.15, -0.1) is 0 Å². The molecule has 0 heterocycles. The molecule has 2 aromatic carbocycles. The fraction of sp³-hybridized carbons (Fsp3) is 0.316. The molecule has 9 heteroatoms. The van der Waals surface area contributed by atoms with Gasteiger partial charge in [-0.05, 0) is 42.8 Å². The predicted octanol–water partition coefficient (Wildman–Crippen LogP) is 2.63. The second kappa shape index (κ2) is 8.84. The Morgan fingerprint density at radius 1 is 1.00 bits per heavy atom. The summed E-state index contributed by atoms with van der Waals surface area (Å²) in [7, 11) is -7.39. The van der Waals surface area contributed by atoms with Crippen LogP contribution in [-0.4, -0.2) is 34.2 Å². The third-order valence-electron chi connectivity index (χ3n) is 4.33. The first-order chi connectivity index (χ1) is 13.2. The average Bonchev–Trinajstić information content (AvgIpc) is 2.68. The van der Waals surface area contributed by atoms with E-state index in [1.807, 2.05) is 6.07 Å². The number of hydrogen-bond donors (Lipinski definition) is 1. The Labute approximate surface area is 166 Å². The van der Waals surface area contributed by atoms with Crippen LogP contribution in [0.3, 0.4) is 0 Å². The van der Waals surface area contributed by atoms with Crippen LogP contribution in [0.1, 0.15) is 37.9 Å². The largest absolute Gasteiger partial charge is 0.243 e. The van der Waals surface area contributed by atoms with Gasteiger partial charge in [0.25, 0.3) is 0 Å². The zero-order chi connectivity index (χ0) is 20.9. The van der Waals surface area contributed by atoms with Crippen LogP contribution in [0, 0.1) is 11.3 Å². The van der Waals surface area contributed by atoms with E-state index in [1.54, 1.807) is 32.9 Å². The molecule has 7 nitrogen and oxygen atoms in total. The number of benzene rings is 2. The van der Waals surface area contributed by atoms with Gasteiger partial charge in [-0.3, -0.25) is 0 Å². The molecular formula is C19H23N3O4S2. The SMILES string of the molecule is CCN(CC)S(=O)(=O)c1ccc([C@@H](C)NS(=O)(=O)c2cccc(C#N)c2)cc1. The lowest BCUT2D eigenvalue weighted by Crippen LogP contribution is -2.30.